The minimum absolute atomic E-state index is 0. The van der Waals surface area contributed by atoms with E-state index < -0.39 is 86.6 Å². The van der Waals surface area contributed by atoms with Gasteiger partial charge in [0.15, 0.2) is 0 Å². The molecule has 50 heavy (non-hydrogen) atoms. The molecule has 0 spiro atoms. The number of benzene rings is 1. The zero-order valence-electron chi connectivity index (χ0n) is 27.7. The maximum absolute atomic E-state index is 13.1. The molecule has 274 valence electrons. The summed E-state index contributed by atoms with van der Waals surface area (Å²) in [5, 5.41) is 69.4. The summed E-state index contributed by atoms with van der Waals surface area (Å²) in [4.78, 5) is 65.2. The summed E-state index contributed by atoms with van der Waals surface area (Å²) >= 11 is 0. The van der Waals surface area contributed by atoms with Gasteiger partial charge in [0.1, 0.15) is 30.1 Å². The summed E-state index contributed by atoms with van der Waals surface area (Å²) in [6.45, 7) is 0.748. The van der Waals surface area contributed by atoms with Crippen LogP contribution in [0.4, 0.5) is 5.69 Å². The van der Waals surface area contributed by atoms with Crippen molar-refractivity contribution in [3.05, 3.63) is 24.3 Å². The molecule has 2 aliphatic rings. The number of carboxylic acids is 3. The van der Waals surface area contributed by atoms with Crippen LogP contribution in [0.25, 0.3) is 0 Å². The van der Waals surface area contributed by atoms with Crippen molar-refractivity contribution in [2.75, 3.05) is 90.5 Å². The third-order valence-electron chi connectivity index (χ3n) is 8.00. The van der Waals surface area contributed by atoms with Gasteiger partial charge in [0.25, 0.3) is 0 Å². The Hall–Kier alpha value is -3.31. The van der Waals surface area contributed by atoms with E-state index in [9.17, 15) is 54.6 Å². The van der Waals surface area contributed by atoms with Gasteiger partial charge in [0.2, 0.25) is 18.1 Å². The Labute approximate surface area is 301 Å². The zero-order chi connectivity index (χ0) is 36.1. The molecule has 5 atom stereocenters. The number of rotatable bonds is 13. The number of aliphatic carboxylic acids is 3. The van der Waals surface area contributed by atoms with Crippen molar-refractivity contribution in [3.8, 4) is 5.75 Å². The summed E-state index contributed by atoms with van der Waals surface area (Å²) in [6, 6.07) is 4.88. The van der Waals surface area contributed by atoms with Crippen LogP contribution >= 0.6 is 0 Å². The quantitative estimate of drug-likeness (QED) is 0.117. The molecule has 2 amide bonds. The van der Waals surface area contributed by atoms with E-state index in [-0.39, 0.29) is 84.4 Å². The maximum atomic E-state index is 13.1. The molecule has 1 unspecified atom stereocenters. The van der Waals surface area contributed by atoms with Gasteiger partial charge in [0, 0.05) is 84.6 Å². The first-order chi connectivity index (χ1) is 23.2. The zero-order valence-corrected chi connectivity index (χ0v) is 30.1. The second kappa shape index (κ2) is 21.1. The molecule has 1 aromatic carbocycles. The Morgan fingerprint density at radius 2 is 1.18 bits per heavy atom. The summed E-state index contributed by atoms with van der Waals surface area (Å²) < 4.78 is 11.4. The number of carbonyl (C=O) groups excluding carboxylic acids is 5. The molecule has 0 saturated carbocycles. The molecule has 3 rings (SSSR count). The van der Waals surface area contributed by atoms with E-state index in [1.807, 2.05) is 0 Å². The van der Waals surface area contributed by atoms with Crippen molar-refractivity contribution in [2.24, 2.45) is 0 Å². The SMILES string of the molecule is CC(=O)N[C@H]1C(Oc2ccc(NC(=O)CN3CCN(CC(=O)[O-])CCN(CC(=O)[O-])CCN(CC(=O)[O-])CC3)cc2)O[C@H](CO)[C@@H](O)[C@@H]1O.[68Ga+3]. The van der Waals surface area contributed by atoms with Gasteiger partial charge in [-0.2, -0.15) is 0 Å². The Kier molecular flexibility index (Phi) is 18.1. The van der Waals surface area contributed by atoms with Crippen molar-refractivity contribution in [2.45, 2.75) is 37.6 Å². The van der Waals surface area contributed by atoms with Crippen LogP contribution in [0.15, 0.2) is 24.3 Å². The molecule has 0 radical (unpaired) electrons. The van der Waals surface area contributed by atoms with Crippen molar-refractivity contribution < 1.29 is 64.1 Å². The normalized spacial score (nSPS) is 24.8. The average Bonchev–Trinajstić information content (AvgIpc) is 3.02. The fourth-order valence-electron chi connectivity index (χ4n) is 5.48. The molecular weight excluding hydrogens is 720 g/mol. The number of hydrogen-bond acceptors (Lipinski definition) is 17. The maximum Gasteiger partial charge on any atom is 3.00 e. The first kappa shape index (κ1) is 42.9. The molecule has 5 N–H and O–H groups in total. The van der Waals surface area contributed by atoms with Crippen molar-refractivity contribution in [3.63, 3.8) is 0 Å². The molecule has 2 fully saturated rings. The monoisotopic (exact) mass is 763 g/mol. The molecule has 2 aliphatic heterocycles. The third-order valence-corrected chi connectivity index (χ3v) is 8.00. The van der Waals surface area contributed by atoms with E-state index in [1.54, 1.807) is 14.7 Å². The molecule has 0 aliphatic carbocycles. The van der Waals surface area contributed by atoms with E-state index in [2.05, 4.69) is 10.6 Å². The molecule has 0 bridgehead atoms. The van der Waals surface area contributed by atoms with Crippen LogP contribution in [0.3, 0.4) is 0 Å². The largest absolute Gasteiger partial charge is 3.00 e. The van der Waals surface area contributed by atoms with E-state index in [0.717, 1.165) is 0 Å². The first-order valence-electron chi connectivity index (χ1n) is 15.7. The Morgan fingerprint density at radius 3 is 1.56 bits per heavy atom. The van der Waals surface area contributed by atoms with E-state index in [4.69, 9.17) is 9.47 Å². The van der Waals surface area contributed by atoms with E-state index >= 15 is 0 Å². The average molecular weight is 764 g/mol. The van der Waals surface area contributed by atoms with Gasteiger partial charge < -0.3 is 65.1 Å². The second-order valence-electron chi connectivity index (χ2n) is 11.8. The van der Waals surface area contributed by atoms with Gasteiger partial charge in [0.05, 0.1) is 31.1 Å². The van der Waals surface area contributed by atoms with Crippen LogP contribution in [0.2, 0.25) is 0 Å². The molecule has 2 saturated heterocycles. The number of hydrogen-bond donors (Lipinski definition) is 5. The fourth-order valence-corrected chi connectivity index (χ4v) is 5.48. The van der Waals surface area contributed by atoms with Gasteiger partial charge in [-0.05, 0) is 24.3 Å². The van der Waals surface area contributed by atoms with Crippen LogP contribution in [0.1, 0.15) is 6.92 Å². The number of anilines is 1. The Balaban J connectivity index is 0.00000867. The van der Waals surface area contributed by atoms with Gasteiger partial charge in [-0.3, -0.25) is 29.2 Å². The van der Waals surface area contributed by atoms with Gasteiger partial charge in [-0.25, -0.2) is 0 Å². The van der Waals surface area contributed by atoms with Crippen LogP contribution in [0, 0.1) is 0 Å². The third kappa shape index (κ3) is 14.5. The number of ether oxygens (including phenoxy) is 2. The summed E-state index contributed by atoms with van der Waals surface area (Å²) in [5.74, 6) is -4.68. The molecular formula is C30H43GaN6O13. The summed E-state index contributed by atoms with van der Waals surface area (Å²) in [6.07, 6.45) is -5.40. The first-order valence-corrected chi connectivity index (χ1v) is 15.7. The van der Waals surface area contributed by atoms with E-state index in [1.165, 1.54) is 36.1 Å². The van der Waals surface area contributed by atoms with E-state index in [0.29, 0.717) is 5.69 Å². The summed E-state index contributed by atoms with van der Waals surface area (Å²) in [7, 11) is 0. The van der Waals surface area contributed by atoms with Gasteiger partial charge in [-0.15, -0.1) is 0 Å². The number of carbonyl (C=O) groups is 5. The Morgan fingerprint density at radius 1 is 0.760 bits per heavy atom. The standard InChI is InChI=1S/C30H46N6O13.Ga/c1-19(38)31-27-29(47)28(46)22(18-37)49-30(27)48-21-4-2-20(3-5-21)32-23(39)14-33-6-8-34(15-24(40)41)10-12-36(17-26(44)45)13-11-35(9-7-33)16-25(42)43;/h2-5,22,27-30,37,46-47H,6-18H2,1H3,(H,31,38)(H,32,39)(H,40,41)(H,42,43)(H,44,45);/q;+3/p-3/t22-,27-,28-,29-,30?;/m1./s1/i;1-2. The molecule has 20 heteroatoms. The van der Waals surface area contributed by atoms with Crippen molar-refractivity contribution in [1.29, 1.82) is 0 Å². The molecule has 2 heterocycles. The summed E-state index contributed by atoms with van der Waals surface area (Å²) in [5.41, 5.74) is 0.378. The topological polar surface area (TPSA) is 271 Å². The molecule has 19 nitrogen and oxygen atoms in total. The number of aliphatic hydroxyl groups is 3. The minimum Gasteiger partial charge on any atom is -0.549 e. The van der Waals surface area contributed by atoms with Gasteiger partial charge in [-0.1, -0.05) is 0 Å². The van der Waals surface area contributed by atoms with Gasteiger partial charge >= 0.3 is 19.8 Å². The van der Waals surface area contributed by atoms with Crippen molar-refractivity contribution >= 4 is 55.2 Å². The number of amides is 2. The minimum atomic E-state index is -1.49. The van der Waals surface area contributed by atoms with Crippen LogP contribution in [0.5, 0.6) is 5.75 Å². The number of nitrogens with one attached hydrogen (secondary N) is 2. The van der Waals surface area contributed by atoms with Crippen LogP contribution in [-0.4, -0.2) is 200 Å². The van der Waals surface area contributed by atoms with Crippen LogP contribution in [-0.2, 0) is 28.7 Å². The predicted octanol–water partition coefficient (Wildman–Crippen LogP) is -7.96. The Bertz CT molecular complexity index is 1250. The predicted molar refractivity (Wildman–Crippen MR) is 168 cm³/mol. The fraction of sp³-hybridized carbons (Fsp3) is 0.633. The number of aliphatic hydroxyl groups excluding tert-OH is 3. The van der Waals surface area contributed by atoms with Crippen molar-refractivity contribution in [1.82, 2.24) is 24.9 Å². The number of carboxylic acid groups (broad SMARTS) is 3. The number of nitrogens with zero attached hydrogens (tertiary/aromatic N) is 4. The molecule has 1 aromatic rings. The molecule has 0 aromatic heterocycles. The second-order valence-corrected chi connectivity index (χ2v) is 11.8. The van der Waals surface area contributed by atoms with Crippen LogP contribution < -0.4 is 30.7 Å². The smallest absolute Gasteiger partial charge is 0.549 e.